The first-order valence-corrected chi connectivity index (χ1v) is 4.89. The van der Waals surface area contributed by atoms with Gasteiger partial charge in [0.25, 0.3) is 5.78 Å². The van der Waals surface area contributed by atoms with Crippen molar-refractivity contribution in [1.82, 2.24) is 0 Å². The zero-order valence-electron chi connectivity index (χ0n) is 9.75. The van der Waals surface area contributed by atoms with E-state index in [1.807, 2.05) is 0 Å². The third kappa shape index (κ3) is 3.51. The summed E-state index contributed by atoms with van der Waals surface area (Å²) in [5.74, 6) is -1.56. The molecule has 0 saturated carbocycles. The fourth-order valence-electron chi connectivity index (χ4n) is 1.22. The molecular formula is C12H11F3O3. The maximum atomic E-state index is 12.1. The van der Waals surface area contributed by atoms with E-state index in [9.17, 15) is 18.0 Å². The van der Waals surface area contributed by atoms with Gasteiger partial charge in [-0.05, 0) is 24.3 Å². The summed E-state index contributed by atoms with van der Waals surface area (Å²) < 4.78 is 46.0. The van der Waals surface area contributed by atoms with Gasteiger partial charge in [0, 0.05) is 11.6 Å². The molecule has 0 bridgehead atoms. The number of hydrogen-bond acceptors (Lipinski definition) is 3. The number of carbonyl (C=O) groups is 1. The lowest BCUT2D eigenvalue weighted by molar-refractivity contribution is -0.165. The number of halogens is 3. The zero-order chi connectivity index (χ0) is 13.8. The van der Waals surface area contributed by atoms with Gasteiger partial charge in [-0.25, -0.2) is 0 Å². The SMILES string of the molecule is CO/C(=C\C(=O)C(F)(F)F)c1ccc(OC)cc1. The molecule has 6 heteroatoms. The number of carbonyl (C=O) groups excluding carboxylic acids is 1. The van der Waals surface area contributed by atoms with Crippen molar-refractivity contribution in [3.05, 3.63) is 35.9 Å². The number of hydrogen-bond donors (Lipinski definition) is 0. The highest BCUT2D eigenvalue weighted by Gasteiger charge is 2.37. The van der Waals surface area contributed by atoms with Crippen molar-refractivity contribution in [3.63, 3.8) is 0 Å². The van der Waals surface area contributed by atoms with Crippen LogP contribution in [0.1, 0.15) is 5.56 Å². The van der Waals surface area contributed by atoms with Gasteiger partial charge >= 0.3 is 6.18 Å². The largest absolute Gasteiger partial charge is 0.497 e. The second kappa shape index (κ2) is 5.57. The lowest BCUT2D eigenvalue weighted by Crippen LogP contribution is -2.20. The van der Waals surface area contributed by atoms with E-state index in [2.05, 4.69) is 0 Å². The summed E-state index contributed by atoms with van der Waals surface area (Å²) in [6.45, 7) is 0. The molecule has 0 spiro atoms. The summed E-state index contributed by atoms with van der Waals surface area (Å²) in [6.07, 6.45) is -4.49. The van der Waals surface area contributed by atoms with E-state index in [1.165, 1.54) is 26.4 Å². The molecule has 0 aliphatic rings. The number of rotatable bonds is 4. The molecule has 0 heterocycles. The Bertz CT molecular complexity index is 447. The normalized spacial score (nSPS) is 12.2. The number of alkyl halides is 3. The highest BCUT2D eigenvalue weighted by Crippen LogP contribution is 2.23. The molecule has 18 heavy (non-hydrogen) atoms. The van der Waals surface area contributed by atoms with Crippen LogP contribution < -0.4 is 4.74 Å². The predicted octanol–water partition coefficient (Wildman–Crippen LogP) is 2.81. The Morgan fingerprint density at radius 3 is 2.11 bits per heavy atom. The lowest BCUT2D eigenvalue weighted by Gasteiger charge is -2.08. The molecule has 0 unspecified atom stereocenters. The number of allylic oxidation sites excluding steroid dienone is 1. The van der Waals surface area contributed by atoms with Gasteiger partial charge in [0.05, 0.1) is 14.2 Å². The van der Waals surface area contributed by atoms with Gasteiger partial charge in [-0.3, -0.25) is 4.79 Å². The molecule has 1 rings (SSSR count). The van der Waals surface area contributed by atoms with Crippen molar-refractivity contribution >= 4 is 11.5 Å². The summed E-state index contributed by atoms with van der Waals surface area (Å²) >= 11 is 0. The summed E-state index contributed by atoms with van der Waals surface area (Å²) in [4.78, 5) is 10.8. The Hall–Kier alpha value is -1.98. The number of ketones is 1. The molecule has 1 aromatic carbocycles. The maximum Gasteiger partial charge on any atom is 0.454 e. The predicted molar refractivity (Wildman–Crippen MR) is 59.0 cm³/mol. The molecule has 0 N–H and O–H groups in total. The van der Waals surface area contributed by atoms with Gasteiger partial charge < -0.3 is 9.47 Å². The van der Waals surface area contributed by atoms with E-state index in [0.29, 0.717) is 17.4 Å². The molecule has 3 nitrogen and oxygen atoms in total. The zero-order valence-corrected chi connectivity index (χ0v) is 9.75. The topological polar surface area (TPSA) is 35.5 Å². The summed E-state index contributed by atoms with van der Waals surface area (Å²) in [7, 11) is 2.66. The molecule has 98 valence electrons. The van der Waals surface area contributed by atoms with Gasteiger partial charge in [-0.1, -0.05) is 0 Å². The van der Waals surface area contributed by atoms with Crippen LogP contribution in [0.15, 0.2) is 30.3 Å². The Kier molecular flexibility index (Phi) is 4.36. The Morgan fingerprint density at radius 2 is 1.72 bits per heavy atom. The average molecular weight is 260 g/mol. The van der Waals surface area contributed by atoms with Crippen LogP contribution in [0.25, 0.3) is 5.76 Å². The first-order chi connectivity index (χ1) is 8.38. The van der Waals surface area contributed by atoms with Gasteiger partial charge in [0.15, 0.2) is 0 Å². The molecule has 0 aliphatic heterocycles. The molecule has 0 fully saturated rings. The van der Waals surface area contributed by atoms with Crippen molar-refractivity contribution in [3.8, 4) is 5.75 Å². The van der Waals surface area contributed by atoms with Crippen LogP contribution in [0.4, 0.5) is 13.2 Å². The van der Waals surface area contributed by atoms with Crippen LogP contribution in [0, 0.1) is 0 Å². The number of benzene rings is 1. The first kappa shape index (κ1) is 14.1. The van der Waals surface area contributed by atoms with E-state index < -0.39 is 12.0 Å². The van der Waals surface area contributed by atoms with E-state index in [-0.39, 0.29) is 5.76 Å². The first-order valence-electron chi connectivity index (χ1n) is 4.89. The minimum atomic E-state index is -4.91. The quantitative estimate of drug-likeness (QED) is 0.617. The molecule has 0 aromatic heterocycles. The minimum absolute atomic E-state index is 0.153. The second-order valence-electron chi connectivity index (χ2n) is 3.30. The minimum Gasteiger partial charge on any atom is -0.497 e. The van der Waals surface area contributed by atoms with Crippen LogP contribution in [-0.2, 0) is 9.53 Å². The Balaban J connectivity index is 3.02. The van der Waals surface area contributed by atoms with Crippen LogP contribution >= 0.6 is 0 Å². The lowest BCUT2D eigenvalue weighted by atomic mass is 10.1. The van der Waals surface area contributed by atoms with Crippen LogP contribution in [-0.4, -0.2) is 26.2 Å². The molecular weight excluding hydrogens is 249 g/mol. The summed E-state index contributed by atoms with van der Waals surface area (Å²) in [6, 6.07) is 6.11. The third-order valence-corrected chi connectivity index (χ3v) is 2.14. The maximum absolute atomic E-state index is 12.1. The van der Waals surface area contributed by atoms with Gasteiger partial charge in [-0.15, -0.1) is 0 Å². The molecule has 0 atom stereocenters. The van der Waals surface area contributed by atoms with Crippen LogP contribution in [0.2, 0.25) is 0 Å². The number of methoxy groups -OCH3 is 2. The average Bonchev–Trinajstić information content (AvgIpc) is 2.34. The summed E-state index contributed by atoms with van der Waals surface area (Å²) in [5.41, 5.74) is 0.357. The van der Waals surface area contributed by atoms with Crippen LogP contribution in [0.5, 0.6) is 5.75 Å². The summed E-state index contributed by atoms with van der Waals surface area (Å²) in [5, 5.41) is 0. The Morgan fingerprint density at radius 1 is 1.17 bits per heavy atom. The van der Waals surface area contributed by atoms with E-state index in [1.54, 1.807) is 12.1 Å². The van der Waals surface area contributed by atoms with E-state index >= 15 is 0 Å². The highest BCUT2D eigenvalue weighted by atomic mass is 19.4. The van der Waals surface area contributed by atoms with Crippen molar-refractivity contribution in [2.24, 2.45) is 0 Å². The van der Waals surface area contributed by atoms with Crippen molar-refractivity contribution in [2.75, 3.05) is 14.2 Å². The smallest absolute Gasteiger partial charge is 0.454 e. The van der Waals surface area contributed by atoms with E-state index in [0.717, 1.165) is 0 Å². The molecule has 0 amide bonds. The van der Waals surface area contributed by atoms with Crippen molar-refractivity contribution in [2.45, 2.75) is 6.18 Å². The monoisotopic (exact) mass is 260 g/mol. The second-order valence-corrected chi connectivity index (χ2v) is 3.30. The van der Waals surface area contributed by atoms with Crippen molar-refractivity contribution < 1.29 is 27.4 Å². The van der Waals surface area contributed by atoms with Gasteiger partial charge in [0.2, 0.25) is 0 Å². The molecule has 1 aromatic rings. The van der Waals surface area contributed by atoms with Crippen LogP contribution in [0.3, 0.4) is 0 Å². The third-order valence-electron chi connectivity index (χ3n) is 2.14. The fraction of sp³-hybridized carbons (Fsp3) is 0.250. The van der Waals surface area contributed by atoms with Crippen molar-refractivity contribution in [1.29, 1.82) is 0 Å². The highest BCUT2D eigenvalue weighted by molar-refractivity contribution is 5.99. The van der Waals surface area contributed by atoms with Gasteiger partial charge in [-0.2, -0.15) is 13.2 Å². The molecule has 0 radical (unpaired) electrons. The standard InChI is InChI=1S/C12H11F3O3/c1-17-9-5-3-8(4-6-9)10(18-2)7-11(16)12(13,14)15/h3-7H,1-2H3/b10-7-. The molecule has 0 aliphatic carbocycles. The van der Waals surface area contributed by atoms with Gasteiger partial charge in [0.1, 0.15) is 11.5 Å². The number of ether oxygens (including phenoxy) is 2. The fourth-order valence-corrected chi connectivity index (χ4v) is 1.22. The Labute approximate surface area is 102 Å². The van der Waals surface area contributed by atoms with E-state index in [4.69, 9.17) is 9.47 Å². The molecule has 0 saturated heterocycles.